The first-order valence-electron chi connectivity index (χ1n) is 6.08. The molecule has 0 spiro atoms. The molecule has 2 atom stereocenters. The van der Waals surface area contributed by atoms with Crippen molar-refractivity contribution in [3.63, 3.8) is 0 Å². The molecular weight excluding hydrogens is 198 g/mol. The molecule has 0 radical (unpaired) electrons. The number of rotatable bonds is 4. The van der Waals surface area contributed by atoms with Gasteiger partial charge in [0, 0.05) is 17.6 Å². The minimum atomic E-state index is 0.271. The van der Waals surface area contributed by atoms with Gasteiger partial charge in [0.15, 0.2) is 0 Å². The van der Waals surface area contributed by atoms with Crippen LogP contribution in [0.2, 0.25) is 0 Å². The van der Waals surface area contributed by atoms with Crippen molar-refractivity contribution in [2.45, 2.75) is 45.7 Å². The Balaban J connectivity index is 2.09. The van der Waals surface area contributed by atoms with Crippen LogP contribution in [0.4, 0.5) is 0 Å². The van der Waals surface area contributed by atoms with Crippen molar-refractivity contribution in [2.75, 3.05) is 0 Å². The molecule has 2 nitrogen and oxygen atoms in total. The summed E-state index contributed by atoms with van der Waals surface area (Å²) in [5.41, 5.74) is 1.45. The van der Waals surface area contributed by atoms with Crippen LogP contribution in [0.25, 0.3) is 0 Å². The lowest BCUT2D eigenvalue weighted by molar-refractivity contribution is 0.424. The van der Waals surface area contributed by atoms with E-state index in [1.807, 2.05) is 18.2 Å². The SMILES string of the molecule is CCC(NC1CC1(C)C)c1ccccc1O. The van der Waals surface area contributed by atoms with Gasteiger partial charge in [0.05, 0.1) is 0 Å². The van der Waals surface area contributed by atoms with Crippen LogP contribution >= 0.6 is 0 Å². The van der Waals surface area contributed by atoms with Crippen molar-refractivity contribution in [2.24, 2.45) is 5.41 Å². The molecule has 1 fully saturated rings. The summed E-state index contributed by atoms with van der Waals surface area (Å²) in [6, 6.07) is 8.48. The second-order valence-electron chi connectivity index (χ2n) is 5.43. The van der Waals surface area contributed by atoms with Gasteiger partial charge in [-0.1, -0.05) is 39.0 Å². The van der Waals surface area contributed by atoms with Crippen molar-refractivity contribution in [1.29, 1.82) is 0 Å². The molecule has 0 bridgehead atoms. The summed E-state index contributed by atoms with van der Waals surface area (Å²) in [5.74, 6) is 0.403. The maximum Gasteiger partial charge on any atom is 0.120 e. The smallest absolute Gasteiger partial charge is 0.120 e. The highest BCUT2D eigenvalue weighted by molar-refractivity contribution is 5.34. The third-order valence-electron chi connectivity index (χ3n) is 3.64. The molecule has 2 N–H and O–H groups in total. The lowest BCUT2D eigenvalue weighted by atomic mass is 10.0. The van der Waals surface area contributed by atoms with Gasteiger partial charge < -0.3 is 10.4 Å². The van der Waals surface area contributed by atoms with Crippen LogP contribution in [0.1, 0.15) is 45.2 Å². The van der Waals surface area contributed by atoms with E-state index >= 15 is 0 Å². The predicted octanol–water partition coefficient (Wildman–Crippen LogP) is 3.23. The normalized spacial score (nSPS) is 24.1. The van der Waals surface area contributed by atoms with E-state index in [4.69, 9.17) is 0 Å². The standard InChI is InChI=1S/C14H21NO/c1-4-11(15-13-9-14(13,2)3)10-7-5-6-8-12(10)16/h5-8,11,13,15-16H,4,9H2,1-3H3. The fraction of sp³-hybridized carbons (Fsp3) is 0.571. The molecular formula is C14H21NO. The molecule has 16 heavy (non-hydrogen) atoms. The second-order valence-corrected chi connectivity index (χ2v) is 5.43. The first-order valence-corrected chi connectivity index (χ1v) is 6.08. The summed E-state index contributed by atoms with van der Waals surface area (Å²) in [7, 11) is 0. The lowest BCUT2D eigenvalue weighted by Gasteiger charge is -2.19. The van der Waals surface area contributed by atoms with Crippen molar-refractivity contribution in [3.8, 4) is 5.75 Å². The summed E-state index contributed by atoms with van der Waals surface area (Å²) >= 11 is 0. The molecule has 2 heteroatoms. The van der Waals surface area contributed by atoms with Crippen LogP contribution in [-0.2, 0) is 0 Å². The molecule has 1 saturated carbocycles. The third kappa shape index (κ3) is 2.22. The van der Waals surface area contributed by atoms with Gasteiger partial charge in [-0.3, -0.25) is 0 Å². The molecule has 0 aliphatic heterocycles. The number of hydrogen-bond acceptors (Lipinski definition) is 2. The number of phenols is 1. The van der Waals surface area contributed by atoms with Crippen LogP contribution in [0.15, 0.2) is 24.3 Å². The average molecular weight is 219 g/mol. The van der Waals surface area contributed by atoms with Crippen molar-refractivity contribution in [1.82, 2.24) is 5.32 Å². The first kappa shape index (κ1) is 11.5. The van der Waals surface area contributed by atoms with Gasteiger partial charge in [0.25, 0.3) is 0 Å². The van der Waals surface area contributed by atoms with E-state index in [1.54, 1.807) is 6.07 Å². The maximum atomic E-state index is 9.84. The van der Waals surface area contributed by atoms with Crippen molar-refractivity contribution >= 4 is 0 Å². The Hall–Kier alpha value is -1.02. The minimum absolute atomic E-state index is 0.271. The zero-order valence-electron chi connectivity index (χ0n) is 10.3. The molecule has 0 amide bonds. The molecule has 88 valence electrons. The Morgan fingerprint density at radius 3 is 2.56 bits per heavy atom. The van der Waals surface area contributed by atoms with Gasteiger partial charge in [-0.15, -0.1) is 0 Å². The molecule has 0 aromatic heterocycles. The van der Waals surface area contributed by atoms with Crippen LogP contribution in [-0.4, -0.2) is 11.1 Å². The zero-order valence-corrected chi connectivity index (χ0v) is 10.3. The summed E-state index contributed by atoms with van der Waals surface area (Å²) < 4.78 is 0. The molecule has 1 aliphatic carbocycles. The molecule has 0 heterocycles. The molecule has 2 unspecified atom stereocenters. The summed E-state index contributed by atoms with van der Waals surface area (Å²) in [6.07, 6.45) is 2.24. The van der Waals surface area contributed by atoms with Crippen LogP contribution in [0.5, 0.6) is 5.75 Å². The number of phenolic OH excluding ortho intramolecular Hbond substituents is 1. The van der Waals surface area contributed by atoms with Gasteiger partial charge >= 0.3 is 0 Å². The van der Waals surface area contributed by atoms with E-state index in [9.17, 15) is 5.11 Å². The van der Waals surface area contributed by atoms with E-state index in [-0.39, 0.29) is 6.04 Å². The van der Waals surface area contributed by atoms with Gasteiger partial charge in [0.2, 0.25) is 0 Å². The highest BCUT2D eigenvalue weighted by Crippen LogP contribution is 2.46. The van der Waals surface area contributed by atoms with E-state index in [0.717, 1.165) is 12.0 Å². The van der Waals surface area contributed by atoms with E-state index < -0.39 is 0 Å². The fourth-order valence-electron chi connectivity index (χ4n) is 2.20. The van der Waals surface area contributed by atoms with Crippen molar-refractivity contribution < 1.29 is 5.11 Å². The number of nitrogens with one attached hydrogen (secondary N) is 1. The summed E-state index contributed by atoms with van der Waals surface area (Å²) in [4.78, 5) is 0. The quantitative estimate of drug-likeness (QED) is 0.815. The Kier molecular flexibility index (Phi) is 2.94. The summed E-state index contributed by atoms with van der Waals surface area (Å²) in [5, 5.41) is 13.5. The highest BCUT2D eigenvalue weighted by atomic mass is 16.3. The molecule has 2 rings (SSSR count). The molecule has 1 aromatic rings. The van der Waals surface area contributed by atoms with Crippen LogP contribution < -0.4 is 5.32 Å². The van der Waals surface area contributed by atoms with Crippen LogP contribution in [0, 0.1) is 5.41 Å². The number of para-hydroxylation sites is 1. The molecule has 0 saturated heterocycles. The Labute approximate surface area is 97.7 Å². The average Bonchev–Trinajstić information content (AvgIpc) is 2.84. The third-order valence-corrected chi connectivity index (χ3v) is 3.64. The van der Waals surface area contributed by atoms with Gasteiger partial charge in [-0.25, -0.2) is 0 Å². The van der Waals surface area contributed by atoms with E-state index in [1.165, 1.54) is 6.42 Å². The number of benzene rings is 1. The lowest BCUT2D eigenvalue weighted by Crippen LogP contribution is -2.25. The number of hydrogen-bond donors (Lipinski definition) is 2. The number of aromatic hydroxyl groups is 1. The summed E-state index contributed by atoms with van der Waals surface area (Å²) in [6.45, 7) is 6.71. The Bertz CT molecular complexity index is 373. The van der Waals surface area contributed by atoms with Crippen LogP contribution in [0.3, 0.4) is 0 Å². The Morgan fingerprint density at radius 1 is 1.44 bits per heavy atom. The van der Waals surface area contributed by atoms with E-state index in [0.29, 0.717) is 17.2 Å². The van der Waals surface area contributed by atoms with Gasteiger partial charge in [-0.05, 0) is 24.3 Å². The second kappa shape index (κ2) is 4.10. The maximum absolute atomic E-state index is 9.84. The Morgan fingerprint density at radius 2 is 2.06 bits per heavy atom. The topological polar surface area (TPSA) is 32.3 Å². The largest absolute Gasteiger partial charge is 0.508 e. The molecule has 1 aliphatic rings. The monoisotopic (exact) mass is 219 g/mol. The minimum Gasteiger partial charge on any atom is -0.508 e. The fourth-order valence-corrected chi connectivity index (χ4v) is 2.20. The van der Waals surface area contributed by atoms with Crippen molar-refractivity contribution in [3.05, 3.63) is 29.8 Å². The van der Waals surface area contributed by atoms with E-state index in [2.05, 4.69) is 26.1 Å². The van der Waals surface area contributed by atoms with Gasteiger partial charge in [0.1, 0.15) is 5.75 Å². The zero-order chi connectivity index (χ0) is 11.8. The highest BCUT2D eigenvalue weighted by Gasteiger charge is 2.46. The predicted molar refractivity (Wildman–Crippen MR) is 66.5 cm³/mol. The van der Waals surface area contributed by atoms with Gasteiger partial charge in [-0.2, -0.15) is 0 Å². The molecule has 1 aromatic carbocycles. The first-order chi connectivity index (χ1) is 7.54.